The van der Waals surface area contributed by atoms with Gasteiger partial charge in [0.15, 0.2) is 0 Å². The van der Waals surface area contributed by atoms with E-state index in [-0.39, 0.29) is 5.97 Å². The number of aliphatic hydroxyl groups is 1. The summed E-state index contributed by atoms with van der Waals surface area (Å²) in [4.78, 5) is 11.1. The lowest BCUT2D eigenvalue weighted by atomic mass is 9.95. The zero-order chi connectivity index (χ0) is 18.6. The molecule has 0 aromatic carbocycles. The van der Waals surface area contributed by atoms with Crippen LogP contribution in [0, 0.1) is 0 Å². The van der Waals surface area contributed by atoms with Crippen LogP contribution in [0.3, 0.4) is 0 Å². The molecule has 0 saturated carbocycles. The highest BCUT2D eigenvalue weighted by atomic mass is 16.5. The second-order valence-electron chi connectivity index (χ2n) is 6.96. The minimum absolute atomic E-state index is 0.304. The van der Waals surface area contributed by atoms with Gasteiger partial charge in [0.05, 0.1) is 18.8 Å². The van der Waals surface area contributed by atoms with Crippen LogP contribution in [-0.2, 0) is 14.3 Å². The first-order chi connectivity index (χ1) is 11.2. The molecule has 0 aromatic heterocycles. The molecular formula is C20H36O4. The van der Waals surface area contributed by atoms with Crippen LogP contribution in [0.15, 0.2) is 23.3 Å². The predicted octanol–water partition coefficient (Wildman–Crippen LogP) is 4.57. The van der Waals surface area contributed by atoms with E-state index in [1.807, 2.05) is 20.8 Å². The predicted molar refractivity (Wildman–Crippen MR) is 98.9 cm³/mol. The Hall–Kier alpha value is -1.13. The van der Waals surface area contributed by atoms with Gasteiger partial charge in [-0.2, -0.15) is 0 Å². The van der Waals surface area contributed by atoms with E-state index in [9.17, 15) is 9.90 Å². The lowest BCUT2D eigenvalue weighted by molar-refractivity contribution is -0.134. The Morgan fingerprint density at radius 1 is 1.21 bits per heavy atom. The van der Waals surface area contributed by atoms with Gasteiger partial charge in [-0.25, -0.2) is 4.79 Å². The summed E-state index contributed by atoms with van der Waals surface area (Å²) in [6.07, 6.45) is 8.61. The van der Waals surface area contributed by atoms with Crippen molar-refractivity contribution in [3.8, 4) is 0 Å². The Labute approximate surface area is 147 Å². The SMILES string of the molecule is CCCCOC(C)(C)[C@H](O)CC/C(C)=C/CC/C(C)=C/C(=O)OC. The van der Waals surface area contributed by atoms with Crippen molar-refractivity contribution in [3.05, 3.63) is 23.3 Å². The van der Waals surface area contributed by atoms with Crippen molar-refractivity contribution >= 4 is 5.97 Å². The zero-order valence-corrected chi connectivity index (χ0v) is 16.4. The van der Waals surface area contributed by atoms with Crippen molar-refractivity contribution in [2.45, 2.75) is 84.8 Å². The molecule has 1 atom stereocenters. The van der Waals surface area contributed by atoms with E-state index < -0.39 is 11.7 Å². The number of esters is 1. The minimum atomic E-state index is -0.505. The molecule has 0 aliphatic rings. The Kier molecular flexibility index (Phi) is 11.7. The summed E-state index contributed by atoms with van der Waals surface area (Å²) in [6, 6.07) is 0. The molecule has 0 bridgehead atoms. The largest absolute Gasteiger partial charge is 0.466 e. The zero-order valence-electron chi connectivity index (χ0n) is 16.4. The van der Waals surface area contributed by atoms with Crippen LogP contribution in [0.1, 0.15) is 73.1 Å². The van der Waals surface area contributed by atoms with Crippen LogP contribution < -0.4 is 0 Å². The summed E-state index contributed by atoms with van der Waals surface area (Å²) in [5.74, 6) is -0.304. The fourth-order valence-electron chi connectivity index (χ4n) is 2.27. The summed E-state index contributed by atoms with van der Waals surface area (Å²) in [5.41, 5.74) is 1.76. The molecule has 0 heterocycles. The molecular weight excluding hydrogens is 304 g/mol. The van der Waals surface area contributed by atoms with E-state index in [1.165, 1.54) is 18.8 Å². The number of carbonyl (C=O) groups is 1. The molecule has 140 valence electrons. The van der Waals surface area contributed by atoms with Gasteiger partial charge in [0, 0.05) is 12.7 Å². The van der Waals surface area contributed by atoms with Gasteiger partial charge in [-0.15, -0.1) is 0 Å². The Morgan fingerprint density at radius 3 is 2.46 bits per heavy atom. The highest BCUT2D eigenvalue weighted by Crippen LogP contribution is 2.21. The molecule has 0 rings (SSSR count). The smallest absolute Gasteiger partial charge is 0.330 e. The van der Waals surface area contributed by atoms with E-state index in [0.29, 0.717) is 13.0 Å². The first kappa shape index (κ1) is 22.9. The van der Waals surface area contributed by atoms with Crippen molar-refractivity contribution in [2.24, 2.45) is 0 Å². The quantitative estimate of drug-likeness (QED) is 0.245. The average Bonchev–Trinajstić information content (AvgIpc) is 2.52. The van der Waals surface area contributed by atoms with E-state index in [4.69, 9.17) is 4.74 Å². The Morgan fingerprint density at radius 2 is 1.88 bits per heavy atom. The molecule has 1 N–H and O–H groups in total. The van der Waals surface area contributed by atoms with E-state index >= 15 is 0 Å². The molecule has 0 radical (unpaired) electrons. The number of unbranched alkanes of at least 4 members (excludes halogenated alkanes) is 1. The van der Waals surface area contributed by atoms with Crippen LogP contribution in [0.5, 0.6) is 0 Å². The van der Waals surface area contributed by atoms with Crippen molar-refractivity contribution in [3.63, 3.8) is 0 Å². The van der Waals surface area contributed by atoms with Crippen molar-refractivity contribution in [1.29, 1.82) is 0 Å². The Balaban J connectivity index is 4.20. The summed E-state index contributed by atoms with van der Waals surface area (Å²) in [6.45, 7) is 10.7. The van der Waals surface area contributed by atoms with Gasteiger partial charge in [0.25, 0.3) is 0 Å². The van der Waals surface area contributed by atoms with Crippen molar-refractivity contribution in [1.82, 2.24) is 0 Å². The van der Waals surface area contributed by atoms with Crippen molar-refractivity contribution < 1.29 is 19.4 Å². The lowest BCUT2D eigenvalue weighted by Gasteiger charge is -2.31. The summed E-state index contributed by atoms with van der Waals surface area (Å²) < 4.78 is 10.4. The standard InChI is InChI=1S/C20H36O4/c1-7-8-14-24-20(4,5)18(21)13-12-16(2)10-9-11-17(3)15-19(22)23-6/h10,15,18,21H,7-9,11-14H2,1-6H3/b16-10+,17-15+/t18-/m1/s1. The maximum atomic E-state index is 11.1. The van der Waals surface area contributed by atoms with Crippen LogP contribution in [0.2, 0.25) is 0 Å². The molecule has 0 aromatic rings. The van der Waals surface area contributed by atoms with E-state index in [0.717, 1.165) is 37.7 Å². The molecule has 0 aliphatic carbocycles. The molecule has 0 spiro atoms. The molecule has 0 unspecified atom stereocenters. The van der Waals surface area contributed by atoms with Crippen LogP contribution in [-0.4, -0.2) is 36.5 Å². The minimum Gasteiger partial charge on any atom is -0.466 e. The second-order valence-corrected chi connectivity index (χ2v) is 6.96. The van der Waals surface area contributed by atoms with Crippen LogP contribution in [0.25, 0.3) is 0 Å². The van der Waals surface area contributed by atoms with Gasteiger partial charge in [-0.1, -0.05) is 30.6 Å². The number of aliphatic hydroxyl groups excluding tert-OH is 1. The number of allylic oxidation sites excluding steroid dienone is 3. The monoisotopic (exact) mass is 340 g/mol. The van der Waals surface area contributed by atoms with Gasteiger partial charge in [0.2, 0.25) is 0 Å². The molecule has 0 saturated heterocycles. The van der Waals surface area contributed by atoms with Gasteiger partial charge in [-0.05, 0) is 59.8 Å². The lowest BCUT2D eigenvalue weighted by Crippen LogP contribution is -2.39. The molecule has 0 aliphatic heterocycles. The topological polar surface area (TPSA) is 55.8 Å². The van der Waals surface area contributed by atoms with Gasteiger partial charge in [0.1, 0.15) is 0 Å². The molecule has 4 nitrogen and oxygen atoms in total. The van der Waals surface area contributed by atoms with Crippen molar-refractivity contribution in [2.75, 3.05) is 13.7 Å². The average molecular weight is 341 g/mol. The van der Waals surface area contributed by atoms with Crippen LogP contribution in [0.4, 0.5) is 0 Å². The first-order valence-electron chi connectivity index (χ1n) is 8.95. The third kappa shape index (κ3) is 10.6. The highest BCUT2D eigenvalue weighted by molar-refractivity contribution is 5.82. The fraction of sp³-hybridized carbons (Fsp3) is 0.750. The first-order valence-corrected chi connectivity index (χ1v) is 8.95. The maximum Gasteiger partial charge on any atom is 0.330 e. The molecule has 0 amide bonds. The highest BCUT2D eigenvalue weighted by Gasteiger charge is 2.28. The maximum absolute atomic E-state index is 11.1. The molecule has 0 fully saturated rings. The normalized spacial score (nSPS) is 14.6. The Bertz CT molecular complexity index is 421. The van der Waals surface area contributed by atoms with E-state index in [1.54, 1.807) is 0 Å². The third-order valence-electron chi connectivity index (χ3n) is 4.18. The number of ether oxygens (including phenoxy) is 2. The fourth-order valence-corrected chi connectivity index (χ4v) is 2.27. The van der Waals surface area contributed by atoms with E-state index in [2.05, 4.69) is 24.7 Å². The van der Waals surface area contributed by atoms with Gasteiger partial charge in [-0.3, -0.25) is 0 Å². The number of carbonyl (C=O) groups excluding carboxylic acids is 1. The molecule has 4 heteroatoms. The number of rotatable bonds is 12. The summed E-state index contributed by atoms with van der Waals surface area (Å²) >= 11 is 0. The number of hydrogen-bond acceptors (Lipinski definition) is 4. The van der Waals surface area contributed by atoms with Crippen LogP contribution >= 0.6 is 0 Å². The van der Waals surface area contributed by atoms with Gasteiger partial charge < -0.3 is 14.6 Å². The third-order valence-corrected chi connectivity index (χ3v) is 4.18. The summed E-state index contributed by atoms with van der Waals surface area (Å²) in [5, 5.41) is 10.4. The second kappa shape index (κ2) is 12.3. The van der Waals surface area contributed by atoms with Gasteiger partial charge >= 0.3 is 5.97 Å². The summed E-state index contributed by atoms with van der Waals surface area (Å²) in [7, 11) is 1.38. The number of hydrogen-bond donors (Lipinski definition) is 1. The molecule has 24 heavy (non-hydrogen) atoms. The number of methoxy groups -OCH3 is 1.